The zero-order valence-corrected chi connectivity index (χ0v) is 10.3. The SMILES string of the molecule is Cc1cc(C)c(-c2cccc(O)c2O)cc1C. The third-order valence-electron chi connectivity index (χ3n) is 3.15. The van der Waals surface area contributed by atoms with Crippen LogP contribution in [0.3, 0.4) is 0 Å². The molecule has 0 atom stereocenters. The van der Waals surface area contributed by atoms with Crippen LogP contribution in [0, 0.1) is 20.8 Å². The van der Waals surface area contributed by atoms with E-state index in [4.69, 9.17) is 0 Å². The van der Waals surface area contributed by atoms with Crippen molar-refractivity contribution in [3.8, 4) is 22.6 Å². The van der Waals surface area contributed by atoms with E-state index < -0.39 is 0 Å². The van der Waals surface area contributed by atoms with Gasteiger partial charge in [-0.3, -0.25) is 0 Å². The first-order chi connectivity index (χ1) is 8.00. The van der Waals surface area contributed by atoms with Gasteiger partial charge in [0.1, 0.15) is 0 Å². The lowest BCUT2D eigenvalue weighted by Crippen LogP contribution is -1.89. The lowest BCUT2D eigenvalue weighted by Gasteiger charge is -2.12. The largest absolute Gasteiger partial charge is 0.504 e. The highest BCUT2D eigenvalue weighted by atomic mass is 16.3. The number of benzene rings is 2. The van der Waals surface area contributed by atoms with E-state index in [1.165, 1.54) is 17.2 Å². The van der Waals surface area contributed by atoms with Crippen molar-refractivity contribution in [2.24, 2.45) is 0 Å². The Bertz CT molecular complexity index is 571. The molecule has 0 saturated carbocycles. The highest BCUT2D eigenvalue weighted by molar-refractivity contribution is 5.76. The van der Waals surface area contributed by atoms with Gasteiger partial charge in [-0.05, 0) is 49.1 Å². The van der Waals surface area contributed by atoms with Crippen LogP contribution in [-0.4, -0.2) is 10.2 Å². The molecule has 88 valence electrons. The zero-order valence-electron chi connectivity index (χ0n) is 10.3. The third kappa shape index (κ3) is 1.98. The van der Waals surface area contributed by atoms with Crippen LogP contribution in [0.2, 0.25) is 0 Å². The van der Waals surface area contributed by atoms with E-state index in [1.807, 2.05) is 26.0 Å². The van der Waals surface area contributed by atoms with Crippen LogP contribution in [0.4, 0.5) is 0 Å². The molecule has 2 rings (SSSR count). The van der Waals surface area contributed by atoms with Gasteiger partial charge in [0.05, 0.1) is 0 Å². The number of phenols is 2. The monoisotopic (exact) mass is 228 g/mol. The molecule has 2 aromatic carbocycles. The number of rotatable bonds is 1. The number of hydrogen-bond acceptors (Lipinski definition) is 2. The maximum Gasteiger partial charge on any atom is 0.165 e. The topological polar surface area (TPSA) is 40.5 Å². The van der Waals surface area contributed by atoms with Crippen LogP contribution in [-0.2, 0) is 0 Å². The quantitative estimate of drug-likeness (QED) is 0.731. The standard InChI is InChI=1S/C15H16O2/c1-9-7-11(3)13(8-10(9)2)12-5-4-6-14(16)15(12)17/h4-8,16-17H,1-3H3. The maximum absolute atomic E-state index is 9.89. The Kier molecular flexibility index (Phi) is 2.80. The summed E-state index contributed by atoms with van der Waals surface area (Å²) in [5.41, 5.74) is 5.13. The predicted octanol–water partition coefficient (Wildman–Crippen LogP) is 3.69. The van der Waals surface area contributed by atoms with Crippen LogP contribution in [0.15, 0.2) is 30.3 Å². The molecule has 0 fully saturated rings. The van der Waals surface area contributed by atoms with Crippen molar-refractivity contribution >= 4 is 0 Å². The van der Waals surface area contributed by atoms with Crippen molar-refractivity contribution in [3.05, 3.63) is 47.0 Å². The van der Waals surface area contributed by atoms with Crippen molar-refractivity contribution in [2.75, 3.05) is 0 Å². The highest BCUT2D eigenvalue weighted by Crippen LogP contribution is 2.38. The smallest absolute Gasteiger partial charge is 0.165 e. The Morgan fingerprint density at radius 1 is 0.765 bits per heavy atom. The van der Waals surface area contributed by atoms with Gasteiger partial charge >= 0.3 is 0 Å². The van der Waals surface area contributed by atoms with E-state index in [0.29, 0.717) is 5.56 Å². The number of aryl methyl sites for hydroxylation is 3. The second kappa shape index (κ2) is 4.13. The fourth-order valence-electron chi connectivity index (χ4n) is 2.00. The molecule has 0 heterocycles. The Hall–Kier alpha value is -1.96. The van der Waals surface area contributed by atoms with Crippen LogP contribution in [0.25, 0.3) is 11.1 Å². The summed E-state index contributed by atoms with van der Waals surface area (Å²) in [6, 6.07) is 9.16. The molecule has 0 saturated heterocycles. The Morgan fingerprint density at radius 3 is 2.12 bits per heavy atom. The van der Waals surface area contributed by atoms with Gasteiger partial charge in [0.25, 0.3) is 0 Å². The average molecular weight is 228 g/mol. The van der Waals surface area contributed by atoms with E-state index >= 15 is 0 Å². The minimum absolute atomic E-state index is 0.0566. The summed E-state index contributed by atoms with van der Waals surface area (Å²) in [5.74, 6) is -0.140. The van der Waals surface area contributed by atoms with Crippen molar-refractivity contribution < 1.29 is 10.2 Å². The summed E-state index contributed by atoms with van der Waals surface area (Å²) in [6.07, 6.45) is 0. The van der Waals surface area contributed by atoms with Crippen molar-refractivity contribution in [1.82, 2.24) is 0 Å². The molecular formula is C15H16O2. The fourth-order valence-corrected chi connectivity index (χ4v) is 2.00. The summed E-state index contributed by atoms with van der Waals surface area (Å²) >= 11 is 0. The van der Waals surface area contributed by atoms with Gasteiger partial charge in [0, 0.05) is 5.56 Å². The molecule has 0 aliphatic rings. The molecule has 2 nitrogen and oxygen atoms in total. The van der Waals surface area contributed by atoms with Crippen LogP contribution >= 0.6 is 0 Å². The first kappa shape index (κ1) is 11.5. The maximum atomic E-state index is 9.89. The molecule has 2 N–H and O–H groups in total. The molecule has 0 aliphatic heterocycles. The fraction of sp³-hybridized carbons (Fsp3) is 0.200. The summed E-state index contributed by atoms with van der Waals surface area (Å²) in [6.45, 7) is 6.11. The van der Waals surface area contributed by atoms with Crippen LogP contribution in [0.5, 0.6) is 11.5 Å². The minimum Gasteiger partial charge on any atom is -0.504 e. The molecule has 2 heteroatoms. The molecule has 0 amide bonds. The first-order valence-corrected chi connectivity index (χ1v) is 5.60. The number of phenolic OH excluding ortho intramolecular Hbond substituents is 2. The Balaban J connectivity index is 2.69. The predicted molar refractivity (Wildman–Crippen MR) is 69.4 cm³/mol. The summed E-state index contributed by atoms with van der Waals surface area (Å²) in [5, 5.41) is 19.4. The van der Waals surface area contributed by atoms with Gasteiger partial charge in [-0.1, -0.05) is 24.3 Å². The molecule has 0 spiro atoms. The molecule has 0 aliphatic carbocycles. The van der Waals surface area contributed by atoms with E-state index in [1.54, 1.807) is 6.07 Å². The molecule has 0 bridgehead atoms. The van der Waals surface area contributed by atoms with E-state index in [0.717, 1.165) is 11.1 Å². The lowest BCUT2D eigenvalue weighted by molar-refractivity contribution is 0.405. The third-order valence-corrected chi connectivity index (χ3v) is 3.15. The van der Waals surface area contributed by atoms with E-state index in [2.05, 4.69) is 13.0 Å². The lowest BCUT2D eigenvalue weighted by atomic mass is 9.95. The van der Waals surface area contributed by atoms with Crippen molar-refractivity contribution in [3.63, 3.8) is 0 Å². The normalized spacial score (nSPS) is 10.5. The van der Waals surface area contributed by atoms with Gasteiger partial charge in [-0.15, -0.1) is 0 Å². The average Bonchev–Trinajstić information content (AvgIpc) is 2.28. The van der Waals surface area contributed by atoms with Gasteiger partial charge in [-0.2, -0.15) is 0 Å². The Morgan fingerprint density at radius 2 is 1.41 bits per heavy atom. The molecule has 0 aromatic heterocycles. The number of aromatic hydroxyl groups is 2. The summed E-state index contributed by atoms with van der Waals surface area (Å²) in [7, 11) is 0. The summed E-state index contributed by atoms with van der Waals surface area (Å²) in [4.78, 5) is 0. The van der Waals surface area contributed by atoms with E-state index in [-0.39, 0.29) is 11.5 Å². The van der Waals surface area contributed by atoms with Gasteiger partial charge < -0.3 is 10.2 Å². The first-order valence-electron chi connectivity index (χ1n) is 5.60. The summed E-state index contributed by atoms with van der Waals surface area (Å²) < 4.78 is 0. The number of para-hydroxylation sites is 1. The van der Waals surface area contributed by atoms with Crippen molar-refractivity contribution in [1.29, 1.82) is 0 Å². The number of hydrogen-bond donors (Lipinski definition) is 2. The van der Waals surface area contributed by atoms with Crippen molar-refractivity contribution in [2.45, 2.75) is 20.8 Å². The van der Waals surface area contributed by atoms with Gasteiger partial charge in [0.15, 0.2) is 11.5 Å². The van der Waals surface area contributed by atoms with Gasteiger partial charge in [-0.25, -0.2) is 0 Å². The molecule has 17 heavy (non-hydrogen) atoms. The van der Waals surface area contributed by atoms with Crippen LogP contribution in [0.1, 0.15) is 16.7 Å². The minimum atomic E-state index is -0.0832. The molecule has 0 radical (unpaired) electrons. The highest BCUT2D eigenvalue weighted by Gasteiger charge is 2.11. The molecular weight excluding hydrogens is 212 g/mol. The second-order valence-electron chi connectivity index (χ2n) is 4.42. The Labute approximate surface area is 101 Å². The van der Waals surface area contributed by atoms with Crippen LogP contribution < -0.4 is 0 Å². The van der Waals surface area contributed by atoms with Gasteiger partial charge in [0.2, 0.25) is 0 Å². The second-order valence-corrected chi connectivity index (χ2v) is 4.42. The molecule has 2 aromatic rings. The molecule has 0 unspecified atom stereocenters. The van der Waals surface area contributed by atoms with E-state index in [9.17, 15) is 10.2 Å². The zero-order chi connectivity index (χ0) is 12.6.